The summed E-state index contributed by atoms with van der Waals surface area (Å²) in [6.45, 7) is 0.820. The maximum atomic E-state index is 12.4. The molecule has 0 fully saturated rings. The van der Waals surface area contributed by atoms with Crippen LogP contribution in [-0.4, -0.2) is 40.0 Å². The summed E-state index contributed by atoms with van der Waals surface area (Å²) in [7, 11) is -0.652. The van der Waals surface area contributed by atoms with Gasteiger partial charge >= 0.3 is 0 Å². The summed E-state index contributed by atoms with van der Waals surface area (Å²) in [5.41, 5.74) is 0. The summed E-state index contributed by atoms with van der Waals surface area (Å²) in [5, 5.41) is 0.191. The fourth-order valence-electron chi connectivity index (χ4n) is 1.48. The lowest BCUT2D eigenvalue weighted by molar-refractivity contribution is 0.189. The Balaban J connectivity index is 3.07. The first-order chi connectivity index (χ1) is 8.80. The van der Waals surface area contributed by atoms with Crippen molar-refractivity contribution in [3.63, 3.8) is 0 Å². The van der Waals surface area contributed by atoms with Gasteiger partial charge in [0.05, 0.1) is 10.0 Å². The van der Waals surface area contributed by atoms with E-state index in [2.05, 4.69) is 15.9 Å². The van der Waals surface area contributed by atoms with Crippen molar-refractivity contribution in [2.75, 3.05) is 27.3 Å². The maximum Gasteiger partial charge on any atom is 0.245 e. The van der Waals surface area contributed by atoms with Crippen molar-refractivity contribution in [1.82, 2.24) is 4.31 Å². The van der Waals surface area contributed by atoms with Crippen molar-refractivity contribution < 1.29 is 13.2 Å². The fourth-order valence-corrected chi connectivity index (χ4v) is 4.57. The van der Waals surface area contributed by atoms with Crippen molar-refractivity contribution in [3.8, 4) is 0 Å². The van der Waals surface area contributed by atoms with Crippen molar-refractivity contribution in [2.24, 2.45) is 0 Å². The summed E-state index contributed by atoms with van der Waals surface area (Å²) in [6, 6.07) is 3.01. The van der Waals surface area contributed by atoms with Crippen LogP contribution in [0.2, 0.25) is 10.0 Å². The summed E-state index contributed by atoms with van der Waals surface area (Å²) >= 11 is 15.2. The Kier molecular flexibility index (Phi) is 6.56. The predicted octanol–water partition coefficient (Wildman–Crippen LogP) is 3.41. The molecule has 0 radical (unpaired) electrons. The monoisotopic (exact) mass is 389 g/mol. The van der Waals surface area contributed by atoms with Crippen LogP contribution in [0.5, 0.6) is 0 Å². The number of halogens is 3. The van der Waals surface area contributed by atoms with E-state index in [-0.39, 0.29) is 14.9 Å². The van der Waals surface area contributed by atoms with Crippen LogP contribution in [0.25, 0.3) is 0 Å². The molecule has 0 N–H and O–H groups in total. The first-order valence-electron chi connectivity index (χ1n) is 5.40. The molecule has 0 aliphatic heterocycles. The van der Waals surface area contributed by atoms with E-state index < -0.39 is 10.0 Å². The number of nitrogens with zero attached hydrogens (tertiary/aromatic N) is 1. The Morgan fingerprint density at radius 3 is 2.32 bits per heavy atom. The molecule has 0 amide bonds. The number of hydrogen-bond acceptors (Lipinski definition) is 3. The minimum Gasteiger partial charge on any atom is -0.385 e. The van der Waals surface area contributed by atoms with Crippen LogP contribution in [0.15, 0.2) is 21.5 Å². The molecule has 0 aliphatic carbocycles. The molecule has 19 heavy (non-hydrogen) atoms. The van der Waals surface area contributed by atoms with Crippen molar-refractivity contribution in [1.29, 1.82) is 0 Å². The second kappa shape index (κ2) is 7.24. The zero-order chi connectivity index (χ0) is 14.6. The molecular formula is C11H14BrCl2NO3S. The number of ether oxygens (including phenoxy) is 1. The molecule has 108 valence electrons. The van der Waals surface area contributed by atoms with E-state index in [1.807, 2.05) is 0 Å². The van der Waals surface area contributed by atoms with E-state index >= 15 is 0 Å². The van der Waals surface area contributed by atoms with Crippen molar-refractivity contribution in [2.45, 2.75) is 11.3 Å². The molecule has 8 heteroatoms. The van der Waals surface area contributed by atoms with Crippen molar-refractivity contribution in [3.05, 3.63) is 26.7 Å². The molecular weight excluding hydrogens is 377 g/mol. The molecule has 1 aromatic rings. The molecule has 0 unspecified atom stereocenters. The van der Waals surface area contributed by atoms with Crippen molar-refractivity contribution >= 4 is 49.2 Å². The minimum absolute atomic E-state index is 0.0704. The highest BCUT2D eigenvalue weighted by Gasteiger charge is 2.26. The van der Waals surface area contributed by atoms with Gasteiger partial charge in [0.2, 0.25) is 10.0 Å². The SMILES string of the molecule is COCCCN(C)S(=O)(=O)c1c(Cl)cc(Br)cc1Cl. The molecule has 0 heterocycles. The molecule has 1 aromatic carbocycles. The lowest BCUT2D eigenvalue weighted by Crippen LogP contribution is -2.29. The van der Waals surface area contributed by atoms with Crippen LogP contribution in [-0.2, 0) is 14.8 Å². The van der Waals surface area contributed by atoms with E-state index in [0.29, 0.717) is 24.0 Å². The number of sulfonamides is 1. The van der Waals surface area contributed by atoms with E-state index in [4.69, 9.17) is 27.9 Å². The molecule has 0 atom stereocenters. The van der Waals surface area contributed by atoms with Gasteiger partial charge in [0.15, 0.2) is 0 Å². The zero-order valence-electron chi connectivity index (χ0n) is 10.5. The highest BCUT2D eigenvalue weighted by molar-refractivity contribution is 9.10. The molecule has 4 nitrogen and oxygen atoms in total. The van der Waals surface area contributed by atoms with Crippen LogP contribution in [0.1, 0.15) is 6.42 Å². The smallest absolute Gasteiger partial charge is 0.245 e. The Morgan fingerprint density at radius 2 is 1.84 bits per heavy atom. The van der Waals surface area contributed by atoms with Crippen LogP contribution < -0.4 is 0 Å². The first kappa shape index (κ1) is 17.2. The molecule has 1 rings (SSSR count). The molecule has 0 saturated carbocycles. The largest absolute Gasteiger partial charge is 0.385 e. The van der Waals surface area contributed by atoms with Gasteiger partial charge in [-0.25, -0.2) is 12.7 Å². The zero-order valence-corrected chi connectivity index (χ0v) is 14.4. The lowest BCUT2D eigenvalue weighted by atomic mass is 10.4. The molecule has 0 bridgehead atoms. The summed E-state index contributed by atoms with van der Waals surface area (Å²) in [4.78, 5) is -0.0704. The summed E-state index contributed by atoms with van der Waals surface area (Å²) in [5.74, 6) is 0. The van der Waals surface area contributed by atoms with Gasteiger partial charge < -0.3 is 4.74 Å². The van der Waals surface area contributed by atoms with Crippen LogP contribution in [0.4, 0.5) is 0 Å². The molecule has 0 aromatic heterocycles. The summed E-state index contributed by atoms with van der Waals surface area (Å²) in [6.07, 6.45) is 0.595. The number of methoxy groups -OCH3 is 1. The topological polar surface area (TPSA) is 46.6 Å². The Labute approximate surface area is 131 Å². The first-order valence-corrected chi connectivity index (χ1v) is 8.39. The molecule has 0 aliphatic rings. The fraction of sp³-hybridized carbons (Fsp3) is 0.455. The lowest BCUT2D eigenvalue weighted by Gasteiger charge is -2.18. The predicted molar refractivity (Wildman–Crippen MR) is 80.5 cm³/mol. The number of rotatable bonds is 6. The third-order valence-electron chi connectivity index (χ3n) is 2.45. The normalized spacial score (nSPS) is 12.1. The minimum atomic E-state index is -3.70. The Hall–Kier alpha value is 0.150. The van der Waals surface area contributed by atoms with Gasteiger partial charge in [-0.15, -0.1) is 0 Å². The number of benzene rings is 1. The van der Waals surface area contributed by atoms with Gasteiger partial charge in [-0.05, 0) is 18.6 Å². The molecule has 0 spiro atoms. The van der Waals surface area contributed by atoms with Gasteiger partial charge in [0.25, 0.3) is 0 Å². The van der Waals surface area contributed by atoms with Crippen LogP contribution in [0, 0.1) is 0 Å². The van der Waals surface area contributed by atoms with Gasteiger partial charge in [0.1, 0.15) is 4.90 Å². The van der Waals surface area contributed by atoms with E-state index in [1.165, 1.54) is 23.5 Å². The maximum absolute atomic E-state index is 12.4. The Bertz CT molecular complexity index is 528. The Morgan fingerprint density at radius 1 is 1.32 bits per heavy atom. The average Bonchev–Trinajstić information content (AvgIpc) is 2.27. The van der Waals surface area contributed by atoms with Gasteiger partial charge in [-0.1, -0.05) is 39.1 Å². The number of hydrogen-bond donors (Lipinski definition) is 0. The van der Waals surface area contributed by atoms with Crippen LogP contribution >= 0.6 is 39.1 Å². The summed E-state index contributed by atoms with van der Waals surface area (Å²) < 4.78 is 31.5. The average molecular weight is 391 g/mol. The van der Waals surface area contributed by atoms with E-state index in [0.717, 1.165) is 0 Å². The second-order valence-corrected chi connectivity index (χ2v) is 7.58. The third-order valence-corrected chi connectivity index (χ3v) is 5.69. The van der Waals surface area contributed by atoms with Gasteiger partial charge in [-0.3, -0.25) is 0 Å². The molecule has 0 saturated heterocycles. The standard InChI is InChI=1S/C11H14BrCl2NO3S/c1-15(4-3-5-18-2)19(16,17)11-9(13)6-8(12)7-10(11)14/h6-7H,3-5H2,1-2H3. The highest BCUT2D eigenvalue weighted by Crippen LogP contribution is 2.34. The van der Waals surface area contributed by atoms with Gasteiger partial charge in [-0.2, -0.15) is 0 Å². The van der Waals surface area contributed by atoms with Gasteiger partial charge in [0, 0.05) is 31.8 Å². The quantitative estimate of drug-likeness (QED) is 0.699. The van der Waals surface area contributed by atoms with Crippen LogP contribution in [0.3, 0.4) is 0 Å². The van der Waals surface area contributed by atoms with E-state index in [1.54, 1.807) is 7.11 Å². The highest BCUT2D eigenvalue weighted by atomic mass is 79.9. The van der Waals surface area contributed by atoms with E-state index in [9.17, 15) is 8.42 Å². The second-order valence-electron chi connectivity index (χ2n) is 3.87. The third kappa shape index (κ3) is 4.31.